The number of carbonyl (C=O) groups is 1. The van der Waals surface area contributed by atoms with E-state index in [1.807, 2.05) is 60.7 Å². The highest BCUT2D eigenvalue weighted by atomic mass is 16.3. The zero-order valence-corrected chi connectivity index (χ0v) is 18.3. The maximum Gasteiger partial charge on any atom is 0.220 e. The molecule has 166 valence electrons. The lowest BCUT2D eigenvalue weighted by Crippen LogP contribution is -2.45. The quantitative estimate of drug-likeness (QED) is 0.402. The van der Waals surface area contributed by atoms with Crippen molar-refractivity contribution in [3.63, 3.8) is 0 Å². The third-order valence-corrected chi connectivity index (χ3v) is 5.77. The summed E-state index contributed by atoms with van der Waals surface area (Å²) in [4.78, 5) is 21.5. The Morgan fingerprint density at radius 3 is 1.94 bits per heavy atom. The largest absolute Gasteiger partial charge is 0.378 e. The third-order valence-electron chi connectivity index (χ3n) is 5.77. The van der Waals surface area contributed by atoms with E-state index in [4.69, 9.17) is 0 Å². The van der Waals surface area contributed by atoms with E-state index in [0.717, 1.165) is 18.4 Å². The number of aromatic nitrogens is 2. The molecule has 0 saturated heterocycles. The van der Waals surface area contributed by atoms with Crippen molar-refractivity contribution in [2.45, 2.75) is 30.9 Å². The van der Waals surface area contributed by atoms with Crippen molar-refractivity contribution in [3.05, 3.63) is 132 Å². The number of nitrogens with zero attached hydrogens (tertiary/aromatic N) is 2. The van der Waals surface area contributed by atoms with Crippen LogP contribution in [0.25, 0.3) is 0 Å². The van der Waals surface area contributed by atoms with Gasteiger partial charge in [-0.1, -0.05) is 72.8 Å². The van der Waals surface area contributed by atoms with Crippen LogP contribution in [-0.2, 0) is 16.8 Å². The smallest absolute Gasteiger partial charge is 0.220 e. The lowest BCUT2D eigenvalue weighted by molar-refractivity contribution is -0.124. The second-order valence-electron chi connectivity index (χ2n) is 8.00. The molecule has 5 nitrogen and oxygen atoms in total. The van der Waals surface area contributed by atoms with Crippen LogP contribution in [0.2, 0.25) is 0 Å². The van der Waals surface area contributed by atoms with Gasteiger partial charge in [0.2, 0.25) is 5.91 Å². The van der Waals surface area contributed by atoms with E-state index >= 15 is 0 Å². The van der Waals surface area contributed by atoms with Gasteiger partial charge in [-0.15, -0.1) is 0 Å². The van der Waals surface area contributed by atoms with Gasteiger partial charge in [0.05, 0.1) is 6.04 Å². The van der Waals surface area contributed by atoms with Crippen molar-refractivity contribution >= 4 is 5.91 Å². The van der Waals surface area contributed by atoms with Gasteiger partial charge < -0.3 is 10.4 Å². The van der Waals surface area contributed by atoms with Crippen LogP contribution >= 0.6 is 0 Å². The molecule has 0 bridgehead atoms. The number of aliphatic hydroxyl groups is 1. The molecule has 0 radical (unpaired) electrons. The Morgan fingerprint density at radius 2 is 1.39 bits per heavy atom. The van der Waals surface area contributed by atoms with Crippen LogP contribution in [0.5, 0.6) is 0 Å². The Labute approximate surface area is 194 Å². The van der Waals surface area contributed by atoms with Gasteiger partial charge in [-0.25, -0.2) is 0 Å². The van der Waals surface area contributed by atoms with Crippen molar-refractivity contribution in [1.82, 2.24) is 15.3 Å². The number of rotatable bonds is 9. The summed E-state index contributed by atoms with van der Waals surface area (Å²) in [6.07, 6.45) is 8.47. The average Bonchev–Trinajstić information content (AvgIpc) is 2.89. The van der Waals surface area contributed by atoms with Crippen LogP contribution in [0.4, 0.5) is 0 Å². The van der Waals surface area contributed by atoms with Gasteiger partial charge in [0.25, 0.3) is 0 Å². The Balaban J connectivity index is 1.64. The molecule has 0 fully saturated rings. The molecule has 1 amide bonds. The molecular weight excluding hydrogens is 410 g/mol. The second-order valence-corrected chi connectivity index (χ2v) is 8.00. The molecule has 0 saturated carbocycles. The van der Waals surface area contributed by atoms with Gasteiger partial charge in [-0.05, 0) is 36.1 Å². The Morgan fingerprint density at radius 1 is 0.818 bits per heavy atom. The first-order valence-corrected chi connectivity index (χ1v) is 11.1. The van der Waals surface area contributed by atoms with E-state index in [2.05, 4.69) is 27.4 Å². The fourth-order valence-corrected chi connectivity index (χ4v) is 4.08. The summed E-state index contributed by atoms with van der Waals surface area (Å²) in [5.41, 5.74) is 1.60. The van der Waals surface area contributed by atoms with Gasteiger partial charge in [-0.2, -0.15) is 0 Å². The predicted molar refractivity (Wildman–Crippen MR) is 128 cm³/mol. The van der Waals surface area contributed by atoms with E-state index in [-0.39, 0.29) is 5.91 Å². The Bertz CT molecular complexity index is 1100. The highest BCUT2D eigenvalue weighted by molar-refractivity contribution is 5.77. The molecule has 0 spiro atoms. The standard InChI is InChI=1S/C28H27N3O2/c32-26(17-7-12-22-10-3-1-4-11-22)31-27(23-13-5-2-6-14-23)28(33,24-15-8-18-29-20-24)25-16-9-19-30-21-25/h1-6,8-11,13-16,18-21,27,33H,7,12,17H2,(H,31,32)/t27-/m1/s1. The number of benzene rings is 2. The average molecular weight is 438 g/mol. The molecule has 0 aliphatic rings. The molecule has 2 aromatic carbocycles. The number of nitrogens with one attached hydrogen (secondary N) is 1. The minimum atomic E-state index is -1.56. The summed E-state index contributed by atoms with van der Waals surface area (Å²) in [7, 11) is 0. The molecule has 0 aliphatic heterocycles. The van der Waals surface area contributed by atoms with Crippen molar-refractivity contribution in [3.8, 4) is 0 Å². The van der Waals surface area contributed by atoms with E-state index in [1.54, 1.807) is 36.9 Å². The zero-order valence-electron chi connectivity index (χ0n) is 18.3. The van der Waals surface area contributed by atoms with Crippen LogP contribution in [0.3, 0.4) is 0 Å². The first-order valence-electron chi connectivity index (χ1n) is 11.1. The minimum Gasteiger partial charge on any atom is -0.378 e. The van der Waals surface area contributed by atoms with Crippen molar-refractivity contribution in [2.75, 3.05) is 0 Å². The number of amides is 1. The van der Waals surface area contributed by atoms with Gasteiger partial charge in [0.1, 0.15) is 5.60 Å². The lowest BCUT2D eigenvalue weighted by atomic mass is 9.78. The second kappa shape index (κ2) is 10.7. The summed E-state index contributed by atoms with van der Waals surface area (Å²) in [6.45, 7) is 0. The molecule has 2 N–H and O–H groups in total. The molecular formula is C28H27N3O2. The molecule has 2 aromatic heterocycles. The number of aryl methyl sites for hydroxylation is 1. The summed E-state index contributed by atoms with van der Waals surface area (Å²) in [6, 6.07) is 26.1. The van der Waals surface area contributed by atoms with Crippen molar-refractivity contribution in [2.24, 2.45) is 0 Å². The van der Waals surface area contributed by atoms with Gasteiger partial charge in [-0.3, -0.25) is 14.8 Å². The molecule has 4 aromatic rings. The van der Waals surface area contributed by atoms with Gasteiger partial charge >= 0.3 is 0 Å². The van der Waals surface area contributed by atoms with Crippen molar-refractivity contribution in [1.29, 1.82) is 0 Å². The molecule has 2 heterocycles. The minimum absolute atomic E-state index is 0.119. The summed E-state index contributed by atoms with van der Waals surface area (Å²) in [5, 5.41) is 15.3. The molecule has 4 rings (SSSR count). The number of carbonyl (C=O) groups excluding carboxylic acids is 1. The summed E-state index contributed by atoms with van der Waals surface area (Å²) >= 11 is 0. The Kier molecular flexibility index (Phi) is 7.22. The predicted octanol–water partition coefficient (Wildman–Crippen LogP) is 4.59. The molecule has 33 heavy (non-hydrogen) atoms. The SMILES string of the molecule is O=C(CCCc1ccccc1)N[C@H](c1ccccc1)C(O)(c1cccnc1)c1cccnc1. The van der Waals surface area contributed by atoms with E-state index in [9.17, 15) is 9.90 Å². The third kappa shape index (κ3) is 5.33. The molecule has 0 unspecified atom stereocenters. The highest BCUT2D eigenvalue weighted by Gasteiger charge is 2.42. The fraction of sp³-hybridized carbons (Fsp3) is 0.179. The fourth-order valence-electron chi connectivity index (χ4n) is 4.08. The van der Waals surface area contributed by atoms with Crippen LogP contribution in [0, 0.1) is 0 Å². The van der Waals surface area contributed by atoms with E-state index in [0.29, 0.717) is 17.5 Å². The van der Waals surface area contributed by atoms with Crippen LogP contribution in [-0.4, -0.2) is 21.0 Å². The molecule has 0 aliphatic carbocycles. The van der Waals surface area contributed by atoms with E-state index in [1.165, 1.54) is 5.56 Å². The number of hydrogen-bond donors (Lipinski definition) is 2. The topological polar surface area (TPSA) is 75.1 Å². The van der Waals surface area contributed by atoms with E-state index < -0.39 is 11.6 Å². The van der Waals surface area contributed by atoms with Crippen molar-refractivity contribution < 1.29 is 9.90 Å². The zero-order chi connectivity index (χ0) is 22.9. The summed E-state index contributed by atoms with van der Waals surface area (Å²) in [5.74, 6) is -0.119. The van der Waals surface area contributed by atoms with Gasteiger partial charge in [0, 0.05) is 42.3 Å². The lowest BCUT2D eigenvalue weighted by Gasteiger charge is -2.37. The first kappa shape index (κ1) is 22.4. The molecule has 5 heteroatoms. The maximum absolute atomic E-state index is 13.1. The van der Waals surface area contributed by atoms with Crippen LogP contribution in [0.1, 0.15) is 41.1 Å². The maximum atomic E-state index is 13.1. The Hall–Kier alpha value is -3.83. The first-order chi connectivity index (χ1) is 16.2. The number of pyridine rings is 2. The van der Waals surface area contributed by atoms with Crippen LogP contribution in [0.15, 0.2) is 110 Å². The highest BCUT2D eigenvalue weighted by Crippen LogP contribution is 2.40. The van der Waals surface area contributed by atoms with Gasteiger partial charge in [0.15, 0.2) is 0 Å². The normalized spacial score (nSPS) is 12.2. The number of hydrogen-bond acceptors (Lipinski definition) is 4. The monoisotopic (exact) mass is 437 g/mol. The summed E-state index contributed by atoms with van der Waals surface area (Å²) < 4.78 is 0. The molecule has 1 atom stereocenters. The van der Waals surface area contributed by atoms with Crippen LogP contribution < -0.4 is 5.32 Å².